The Hall–Kier alpha value is -3.27. The molecule has 3 aromatic carbocycles. The van der Waals surface area contributed by atoms with Gasteiger partial charge in [0.05, 0.1) is 5.76 Å². The van der Waals surface area contributed by atoms with E-state index in [1.54, 1.807) is 0 Å². The molecule has 1 aliphatic carbocycles. The number of fused-ring (bicyclic) bond motifs is 4. The smallest absolute Gasteiger partial charge is 0.162 e. The van der Waals surface area contributed by atoms with Crippen molar-refractivity contribution in [2.75, 3.05) is 0 Å². The summed E-state index contributed by atoms with van der Waals surface area (Å²) in [6, 6.07) is 17.2. The molecule has 0 saturated carbocycles. The fraction of sp³-hybridized carbons (Fsp3) is 0.478. The van der Waals surface area contributed by atoms with Crippen LogP contribution in [0.5, 0.6) is 0 Å². The number of benzene rings is 3. The number of nitrogens with zero attached hydrogens (tertiary/aromatic N) is 1. The zero-order chi connectivity index (χ0) is 36.9. The third-order valence-electron chi connectivity index (χ3n) is 11.0. The van der Waals surface area contributed by atoms with Gasteiger partial charge in [-0.1, -0.05) is 130 Å². The van der Waals surface area contributed by atoms with E-state index in [4.69, 9.17) is 9.40 Å². The van der Waals surface area contributed by atoms with Gasteiger partial charge in [-0.05, 0) is 54.4 Å². The van der Waals surface area contributed by atoms with Gasteiger partial charge in [0.25, 0.3) is 0 Å². The van der Waals surface area contributed by atoms with Crippen molar-refractivity contribution in [2.45, 2.75) is 132 Å². The average molecular weight is 865 g/mol. The predicted molar refractivity (Wildman–Crippen MR) is 211 cm³/mol. The van der Waals surface area contributed by atoms with Gasteiger partial charge >= 0.3 is 0 Å². The minimum absolute atomic E-state index is 0. The molecule has 0 aliphatic heterocycles. The number of hydrogen-bond donors (Lipinski definition) is 1. The van der Waals surface area contributed by atoms with Gasteiger partial charge in [-0.25, -0.2) is 0 Å². The van der Waals surface area contributed by atoms with Crippen LogP contribution in [0.4, 0.5) is 0 Å². The summed E-state index contributed by atoms with van der Waals surface area (Å²) in [6.07, 6.45) is 6.94. The number of aromatic nitrogens is 1. The van der Waals surface area contributed by atoms with Gasteiger partial charge in [-0.2, -0.15) is 0 Å². The second kappa shape index (κ2) is 15.0. The molecule has 1 radical (unpaired) electrons. The van der Waals surface area contributed by atoms with Crippen LogP contribution in [0.25, 0.3) is 44.0 Å². The van der Waals surface area contributed by atoms with Crippen LogP contribution in [-0.4, -0.2) is 15.9 Å². The predicted octanol–water partition coefficient (Wildman–Crippen LogP) is 13.0. The van der Waals surface area contributed by atoms with Crippen LogP contribution >= 0.6 is 0 Å². The number of allylic oxidation sites excluding steroid dienone is 2. The summed E-state index contributed by atoms with van der Waals surface area (Å²) in [4.78, 5) is 16.9. The first kappa shape index (κ1) is 40.5. The molecule has 0 bridgehead atoms. The molecule has 5 aromatic rings. The van der Waals surface area contributed by atoms with Crippen LogP contribution in [0, 0.1) is 24.8 Å². The van der Waals surface area contributed by atoms with Crippen molar-refractivity contribution in [3.05, 3.63) is 88.3 Å². The van der Waals surface area contributed by atoms with Gasteiger partial charge in [0, 0.05) is 71.8 Å². The molecule has 275 valence electrons. The molecule has 2 heterocycles. The van der Waals surface area contributed by atoms with Crippen LogP contribution in [0.15, 0.2) is 58.8 Å². The van der Waals surface area contributed by atoms with Crippen molar-refractivity contribution < 1.29 is 34.4 Å². The maximum atomic E-state index is 11.7. The number of carbonyl (C=O) groups excluding carboxylic acids is 1. The van der Waals surface area contributed by atoms with E-state index in [2.05, 4.69) is 105 Å². The number of hydrogen-bond acceptors (Lipinski definition) is 4. The fourth-order valence-electron chi connectivity index (χ4n) is 7.84. The standard InChI is InChI=1S/C33H34NO.C13H24O2.Ir/c1-18-10-12-20-19(16-18)11-13-21-27(20)33(8,9)22-14-15-23(31(2,3)4)29-25(22)26-28(21)34-17-24(30(26)35-29)32(5,6)7;1-5-10(6-2)12(14)9-13(15)11(7-3)8-4;/h10-12,14-17H,1-9H3;9-11,14H,5-8H2,1-4H3;/q-1;;/b;12-9-;. The largest absolute Gasteiger partial charge is 0.512 e. The van der Waals surface area contributed by atoms with Crippen molar-refractivity contribution in [1.82, 2.24) is 4.98 Å². The summed E-state index contributed by atoms with van der Waals surface area (Å²) in [7, 11) is 0. The number of aryl methyl sites for hydroxylation is 1. The van der Waals surface area contributed by atoms with Crippen molar-refractivity contribution >= 4 is 38.5 Å². The molecule has 0 saturated heterocycles. The molecule has 0 atom stereocenters. The molecule has 6 rings (SSSR count). The monoisotopic (exact) mass is 865 g/mol. The van der Waals surface area contributed by atoms with E-state index in [9.17, 15) is 9.90 Å². The maximum Gasteiger partial charge on any atom is 0.162 e. The quantitative estimate of drug-likeness (QED) is 0.101. The first-order valence-electron chi connectivity index (χ1n) is 18.7. The van der Waals surface area contributed by atoms with Crippen LogP contribution in [0.1, 0.15) is 137 Å². The SMILES string of the molecule is CCC(CC)C(=O)/C=C(\O)C(CC)CC.Cc1ccc2c3c([c-]cc2c1)-c1ncc(C(C)(C)C)c2oc4c(C(C)(C)C)ccc(c4c12)C3(C)C.[Ir]. The summed E-state index contributed by atoms with van der Waals surface area (Å²) in [5.74, 6) is 0.547. The summed E-state index contributed by atoms with van der Waals surface area (Å²) < 4.78 is 6.88. The van der Waals surface area contributed by atoms with E-state index < -0.39 is 0 Å². The average Bonchev–Trinajstić information content (AvgIpc) is 3.40. The second-order valence-corrected chi connectivity index (χ2v) is 16.9. The van der Waals surface area contributed by atoms with Crippen LogP contribution < -0.4 is 0 Å². The Bertz CT molecular complexity index is 2090. The minimum Gasteiger partial charge on any atom is -0.512 e. The Balaban J connectivity index is 0.000000312. The number of rotatable bonds is 7. The Morgan fingerprint density at radius 2 is 1.47 bits per heavy atom. The van der Waals surface area contributed by atoms with E-state index in [1.807, 2.05) is 33.9 Å². The fourth-order valence-corrected chi connectivity index (χ4v) is 7.84. The molecule has 0 unspecified atom stereocenters. The molecular weight excluding hydrogens is 807 g/mol. The number of aliphatic hydroxyl groups is 1. The van der Waals surface area contributed by atoms with Gasteiger partial charge in [0.15, 0.2) is 5.78 Å². The number of aliphatic hydroxyl groups excluding tert-OH is 1. The summed E-state index contributed by atoms with van der Waals surface area (Å²) in [5, 5.41) is 14.6. The van der Waals surface area contributed by atoms with Crippen molar-refractivity contribution in [3.8, 4) is 11.3 Å². The van der Waals surface area contributed by atoms with E-state index in [0.717, 1.165) is 59.1 Å². The number of furan rings is 1. The molecular formula is C46H58IrNO3-. The van der Waals surface area contributed by atoms with Crippen molar-refractivity contribution in [1.29, 1.82) is 0 Å². The Morgan fingerprint density at radius 3 is 2.04 bits per heavy atom. The zero-order valence-electron chi connectivity index (χ0n) is 33.1. The Kier molecular flexibility index (Phi) is 11.9. The molecule has 0 spiro atoms. The maximum absolute atomic E-state index is 11.7. The summed E-state index contributed by atoms with van der Waals surface area (Å²) >= 11 is 0. The van der Waals surface area contributed by atoms with E-state index in [-0.39, 0.29) is 59.7 Å². The van der Waals surface area contributed by atoms with Crippen LogP contribution in [-0.2, 0) is 41.1 Å². The summed E-state index contributed by atoms with van der Waals surface area (Å²) in [6.45, 7) is 28.4. The molecule has 1 aliphatic rings. The van der Waals surface area contributed by atoms with E-state index in [1.165, 1.54) is 44.5 Å². The number of ketones is 1. The molecule has 5 heteroatoms. The van der Waals surface area contributed by atoms with Crippen molar-refractivity contribution in [2.24, 2.45) is 11.8 Å². The normalized spacial score (nSPS) is 14.1. The topological polar surface area (TPSA) is 63.3 Å². The molecule has 1 N–H and O–H groups in total. The van der Waals surface area contributed by atoms with Gasteiger partial charge in [-0.15, -0.1) is 23.3 Å². The third-order valence-corrected chi connectivity index (χ3v) is 11.0. The van der Waals surface area contributed by atoms with Gasteiger partial charge in [0.2, 0.25) is 0 Å². The first-order chi connectivity index (χ1) is 23.4. The second-order valence-electron chi connectivity index (χ2n) is 16.9. The van der Waals surface area contributed by atoms with Crippen molar-refractivity contribution in [3.63, 3.8) is 0 Å². The molecule has 2 aromatic heterocycles. The van der Waals surface area contributed by atoms with Crippen LogP contribution in [0.2, 0.25) is 0 Å². The van der Waals surface area contributed by atoms with E-state index >= 15 is 0 Å². The summed E-state index contributed by atoms with van der Waals surface area (Å²) in [5.41, 5.74) is 9.92. The first-order valence-corrected chi connectivity index (χ1v) is 18.7. The number of pyridine rings is 1. The Labute approximate surface area is 319 Å². The van der Waals surface area contributed by atoms with Gasteiger partial charge in [0.1, 0.15) is 11.2 Å². The molecule has 0 fully saturated rings. The van der Waals surface area contributed by atoms with Gasteiger partial charge in [-0.3, -0.25) is 4.79 Å². The minimum atomic E-state index is -0.255. The zero-order valence-corrected chi connectivity index (χ0v) is 35.5. The van der Waals surface area contributed by atoms with Crippen LogP contribution in [0.3, 0.4) is 0 Å². The van der Waals surface area contributed by atoms with Gasteiger partial charge < -0.3 is 14.5 Å². The molecule has 4 nitrogen and oxygen atoms in total. The molecule has 0 amide bonds. The Morgan fingerprint density at radius 1 is 0.882 bits per heavy atom. The van der Waals surface area contributed by atoms with E-state index in [0.29, 0.717) is 0 Å². The third kappa shape index (κ3) is 7.36. The number of carbonyl (C=O) groups is 1. The molecule has 51 heavy (non-hydrogen) atoms.